The molecule has 0 aliphatic heterocycles. The van der Waals surface area contributed by atoms with Crippen molar-refractivity contribution in [2.75, 3.05) is 32.2 Å². The maximum atomic E-state index is 12.7. The lowest BCUT2D eigenvalue weighted by atomic mass is 10.2. The lowest BCUT2D eigenvalue weighted by molar-refractivity contribution is 0.0996. The quantitative estimate of drug-likeness (QED) is 0.517. The highest BCUT2D eigenvalue weighted by Crippen LogP contribution is 2.32. The summed E-state index contributed by atoms with van der Waals surface area (Å²) >= 11 is 14.0. The Balaban J connectivity index is 2.06. The zero-order valence-electron chi connectivity index (χ0n) is 15.9. The Kier molecular flexibility index (Phi) is 6.78. The van der Waals surface area contributed by atoms with Gasteiger partial charge in [-0.3, -0.25) is 4.79 Å². The van der Waals surface area contributed by atoms with Crippen molar-refractivity contribution in [1.82, 2.24) is 4.57 Å². The van der Waals surface area contributed by atoms with E-state index in [1.54, 1.807) is 18.2 Å². The van der Waals surface area contributed by atoms with E-state index in [4.69, 9.17) is 27.9 Å². The molecule has 1 amide bonds. The van der Waals surface area contributed by atoms with Crippen molar-refractivity contribution in [3.63, 3.8) is 0 Å². The Morgan fingerprint density at radius 3 is 2.54 bits per heavy atom. The van der Waals surface area contributed by atoms with Crippen molar-refractivity contribution >= 4 is 56.3 Å². The van der Waals surface area contributed by atoms with Gasteiger partial charge in [0.05, 0.1) is 26.9 Å². The molecule has 0 radical (unpaired) electrons. The van der Waals surface area contributed by atoms with Crippen LogP contribution in [-0.4, -0.2) is 37.8 Å². The summed E-state index contributed by atoms with van der Waals surface area (Å²) in [5, 5.41) is 0.922. The first-order valence-electron chi connectivity index (χ1n) is 8.84. The van der Waals surface area contributed by atoms with Gasteiger partial charge in [-0.1, -0.05) is 34.5 Å². The van der Waals surface area contributed by atoms with Crippen LogP contribution in [0.1, 0.15) is 17.3 Å². The van der Waals surface area contributed by atoms with Gasteiger partial charge in [-0.05, 0) is 43.3 Å². The van der Waals surface area contributed by atoms with E-state index in [2.05, 4.69) is 4.99 Å². The molecule has 2 aromatic carbocycles. The van der Waals surface area contributed by atoms with Gasteiger partial charge in [-0.15, -0.1) is 0 Å². The molecule has 3 rings (SSSR count). The van der Waals surface area contributed by atoms with E-state index < -0.39 is 0 Å². The third kappa shape index (κ3) is 4.41. The maximum absolute atomic E-state index is 12.7. The zero-order chi connectivity index (χ0) is 20.3. The van der Waals surface area contributed by atoms with E-state index in [0.29, 0.717) is 40.2 Å². The van der Waals surface area contributed by atoms with E-state index in [1.807, 2.05) is 48.7 Å². The molecule has 8 heteroatoms. The van der Waals surface area contributed by atoms with Crippen LogP contribution in [-0.2, 0) is 11.3 Å². The van der Waals surface area contributed by atoms with Gasteiger partial charge in [0.25, 0.3) is 5.91 Å². The maximum Gasteiger partial charge on any atom is 0.279 e. The van der Waals surface area contributed by atoms with E-state index >= 15 is 0 Å². The van der Waals surface area contributed by atoms with Gasteiger partial charge >= 0.3 is 0 Å². The number of rotatable bonds is 6. The van der Waals surface area contributed by atoms with Crippen LogP contribution in [0, 0.1) is 0 Å². The molecule has 148 valence electrons. The minimum Gasteiger partial charge on any atom is -0.380 e. The minimum atomic E-state index is -0.302. The first-order chi connectivity index (χ1) is 13.4. The zero-order valence-corrected chi connectivity index (χ0v) is 18.2. The number of carbonyl (C=O) groups excluding carboxylic acids is 1. The molecule has 0 saturated carbocycles. The van der Waals surface area contributed by atoms with Gasteiger partial charge in [0.2, 0.25) is 0 Å². The number of ether oxygens (including phenoxy) is 1. The first kappa shape index (κ1) is 20.9. The highest BCUT2D eigenvalue weighted by atomic mass is 35.5. The lowest BCUT2D eigenvalue weighted by Gasteiger charge is -2.11. The smallest absolute Gasteiger partial charge is 0.279 e. The summed E-state index contributed by atoms with van der Waals surface area (Å²) in [7, 11) is 3.91. The number of hydrogen-bond donors (Lipinski definition) is 0. The molecular formula is C20H21Cl2N3O2S. The summed E-state index contributed by atoms with van der Waals surface area (Å²) in [4.78, 5) is 19.6. The summed E-state index contributed by atoms with van der Waals surface area (Å²) < 4.78 is 8.30. The highest BCUT2D eigenvalue weighted by molar-refractivity contribution is 7.16. The van der Waals surface area contributed by atoms with Crippen LogP contribution in [0.2, 0.25) is 10.0 Å². The molecule has 0 unspecified atom stereocenters. The molecule has 0 fully saturated rings. The third-order valence-corrected chi connectivity index (χ3v) is 6.06. The Morgan fingerprint density at radius 2 is 1.89 bits per heavy atom. The fraction of sp³-hybridized carbons (Fsp3) is 0.300. The molecule has 0 atom stereocenters. The normalized spacial score (nSPS) is 12.0. The number of aromatic nitrogens is 1. The number of amides is 1. The van der Waals surface area contributed by atoms with Crippen LogP contribution in [0.5, 0.6) is 0 Å². The van der Waals surface area contributed by atoms with Crippen LogP contribution >= 0.6 is 34.5 Å². The Hall–Kier alpha value is -1.86. The molecule has 0 saturated heterocycles. The standard InChI is InChI=1S/C20H21Cl2N3O2S/c1-4-27-12-11-25-18-16(10-9-15(21)17(18)22)28-20(25)23-19(26)13-5-7-14(8-6-13)24(2)3/h5-10H,4,11-12H2,1-3H3. The lowest BCUT2D eigenvalue weighted by Crippen LogP contribution is -2.20. The van der Waals surface area contributed by atoms with Gasteiger partial charge in [-0.25, -0.2) is 0 Å². The Morgan fingerprint density at radius 1 is 1.18 bits per heavy atom. The van der Waals surface area contributed by atoms with Crippen LogP contribution in [0.4, 0.5) is 5.69 Å². The minimum absolute atomic E-state index is 0.302. The Labute approximate surface area is 177 Å². The number of halogens is 2. The Bertz CT molecular complexity index is 1060. The number of fused-ring (bicyclic) bond motifs is 1. The number of nitrogens with zero attached hydrogens (tertiary/aromatic N) is 3. The first-order valence-corrected chi connectivity index (χ1v) is 10.4. The van der Waals surface area contributed by atoms with Crippen molar-refractivity contribution < 1.29 is 9.53 Å². The van der Waals surface area contributed by atoms with Gasteiger partial charge in [-0.2, -0.15) is 4.99 Å². The third-order valence-electron chi connectivity index (χ3n) is 4.23. The number of anilines is 1. The summed E-state index contributed by atoms with van der Waals surface area (Å²) in [5.41, 5.74) is 2.32. The van der Waals surface area contributed by atoms with Gasteiger partial charge in [0.15, 0.2) is 4.80 Å². The molecule has 0 aliphatic carbocycles. The second-order valence-corrected chi connectivity index (χ2v) is 8.09. The fourth-order valence-electron chi connectivity index (χ4n) is 2.75. The van der Waals surface area contributed by atoms with Crippen LogP contribution < -0.4 is 9.70 Å². The molecule has 3 aromatic rings. The molecule has 5 nitrogen and oxygen atoms in total. The number of benzene rings is 2. The van der Waals surface area contributed by atoms with E-state index in [9.17, 15) is 4.79 Å². The number of hydrogen-bond acceptors (Lipinski definition) is 4. The average Bonchev–Trinajstić information content (AvgIpc) is 3.03. The van der Waals surface area contributed by atoms with E-state index in [1.165, 1.54) is 11.3 Å². The monoisotopic (exact) mass is 437 g/mol. The molecular weight excluding hydrogens is 417 g/mol. The van der Waals surface area contributed by atoms with Crippen LogP contribution in [0.15, 0.2) is 41.4 Å². The predicted molar refractivity (Wildman–Crippen MR) is 117 cm³/mol. The molecule has 0 N–H and O–H groups in total. The molecule has 0 bridgehead atoms. The molecule has 28 heavy (non-hydrogen) atoms. The van der Waals surface area contributed by atoms with Gasteiger partial charge in [0.1, 0.15) is 0 Å². The van der Waals surface area contributed by atoms with E-state index in [-0.39, 0.29) is 5.91 Å². The predicted octanol–water partition coefficient (Wildman–Crippen LogP) is 4.85. The summed E-state index contributed by atoms with van der Waals surface area (Å²) in [6, 6.07) is 11.0. The second-order valence-electron chi connectivity index (χ2n) is 6.30. The fourth-order valence-corrected chi connectivity index (χ4v) is 4.29. The van der Waals surface area contributed by atoms with Crippen molar-refractivity contribution in [3.8, 4) is 0 Å². The molecule has 0 aliphatic rings. The van der Waals surface area contributed by atoms with Crippen LogP contribution in [0.25, 0.3) is 10.2 Å². The highest BCUT2D eigenvalue weighted by Gasteiger charge is 2.14. The summed E-state index contributed by atoms with van der Waals surface area (Å²) in [5.74, 6) is -0.302. The molecule has 1 aromatic heterocycles. The average molecular weight is 438 g/mol. The molecule has 0 spiro atoms. The second kappa shape index (κ2) is 9.09. The SMILES string of the molecule is CCOCCn1c(=NC(=O)c2ccc(N(C)C)cc2)sc2ccc(Cl)c(Cl)c21. The molecule has 1 heterocycles. The largest absolute Gasteiger partial charge is 0.380 e. The summed E-state index contributed by atoms with van der Waals surface area (Å²) in [6.07, 6.45) is 0. The summed E-state index contributed by atoms with van der Waals surface area (Å²) in [6.45, 7) is 3.57. The van der Waals surface area contributed by atoms with Gasteiger partial charge < -0.3 is 14.2 Å². The van der Waals surface area contributed by atoms with Crippen molar-refractivity contribution in [2.45, 2.75) is 13.5 Å². The van der Waals surface area contributed by atoms with E-state index in [0.717, 1.165) is 15.9 Å². The number of thiazole rings is 1. The van der Waals surface area contributed by atoms with Gasteiger partial charge in [0, 0.05) is 38.5 Å². The van der Waals surface area contributed by atoms with Crippen molar-refractivity contribution in [2.24, 2.45) is 4.99 Å². The number of carbonyl (C=O) groups is 1. The van der Waals surface area contributed by atoms with Crippen LogP contribution in [0.3, 0.4) is 0 Å². The topological polar surface area (TPSA) is 46.8 Å². The van der Waals surface area contributed by atoms with Crippen molar-refractivity contribution in [3.05, 3.63) is 56.8 Å². The van der Waals surface area contributed by atoms with Crippen molar-refractivity contribution in [1.29, 1.82) is 0 Å².